The van der Waals surface area contributed by atoms with Crippen LogP contribution < -0.4 is 4.74 Å². The zero-order valence-corrected chi connectivity index (χ0v) is 27.0. The first-order valence-electron chi connectivity index (χ1n) is 15.5. The minimum atomic E-state index is -0.762. The maximum Gasteiger partial charge on any atom is 0.173 e. The van der Waals surface area contributed by atoms with Gasteiger partial charge in [-0.15, -0.1) is 0 Å². The molecule has 0 fully saturated rings. The van der Waals surface area contributed by atoms with Crippen LogP contribution in [0.25, 0.3) is 0 Å². The van der Waals surface area contributed by atoms with Crippen molar-refractivity contribution in [1.82, 2.24) is 4.90 Å². The van der Waals surface area contributed by atoms with E-state index in [0.29, 0.717) is 47.8 Å². The topological polar surface area (TPSA) is 63.7 Å². The van der Waals surface area contributed by atoms with Crippen LogP contribution in [0.1, 0.15) is 107 Å². The van der Waals surface area contributed by atoms with Crippen molar-refractivity contribution >= 4 is 17.3 Å². The number of Topliss-reactive ketones (excluding diaryl/α,β-unsaturated/α-hetero) is 3. The van der Waals surface area contributed by atoms with Gasteiger partial charge in [0.2, 0.25) is 0 Å². The molecule has 0 N–H and O–H groups in total. The number of nitrogens with zero attached hydrogens (tertiary/aromatic N) is 1. The highest BCUT2D eigenvalue weighted by Crippen LogP contribution is 2.35. The van der Waals surface area contributed by atoms with Crippen LogP contribution in [0.4, 0.5) is 0 Å². The highest BCUT2D eigenvalue weighted by Gasteiger charge is 2.36. The Balaban J connectivity index is 1.65. The third-order valence-electron chi connectivity index (χ3n) is 8.48. The van der Waals surface area contributed by atoms with Gasteiger partial charge in [-0.2, -0.15) is 0 Å². The van der Waals surface area contributed by atoms with Gasteiger partial charge >= 0.3 is 0 Å². The first-order valence-corrected chi connectivity index (χ1v) is 15.5. The molecule has 0 saturated carbocycles. The van der Waals surface area contributed by atoms with Gasteiger partial charge in [0.25, 0.3) is 0 Å². The van der Waals surface area contributed by atoms with Crippen molar-refractivity contribution in [3.8, 4) is 5.75 Å². The second-order valence-corrected chi connectivity index (χ2v) is 13.9. The number of ketones is 3. The van der Waals surface area contributed by atoms with Crippen LogP contribution in [-0.4, -0.2) is 42.4 Å². The second kappa shape index (κ2) is 14.3. The van der Waals surface area contributed by atoms with Crippen LogP contribution in [0, 0.1) is 23.2 Å². The first kappa shape index (κ1) is 33.3. The summed E-state index contributed by atoms with van der Waals surface area (Å²) in [6, 6.07) is 14.6. The SMILES string of the molecule is COc1ccc(C(=O)C(CCCCCC(=O)C2CN(CC(C)C)C=CC2(C)C)C(=O)c2ccc(C(C)(C)C)cc2)cc1. The number of unbranched alkanes of at least 4 members (excludes halogenated alkanes) is 2. The van der Waals surface area contributed by atoms with Gasteiger partial charge in [0.15, 0.2) is 11.6 Å². The quantitative estimate of drug-likeness (QED) is 0.129. The van der Waals surface area contributed by atoms with Gasteiger partial charge < -0.3 is 9.64 Å². The molecule has 5 nitrogen and oxygen atoms in total. The molecule has 228 valence electrons. The molecule has 0 radical (unpaired) electrons. The van der Waals surface area contributed by atoms with Crippen LogP contribution in [0.15, 0.2) is 60.8 Å². The second-order valence-electron chi connectivity index (χ2n) is 13.9. The normalized spacial score (nSPS) is 17.3. The summed E-state index contributed by atoms with van der Waals surface area (Å²) in [7, 11) is 1.59. The number of hydrogen-bond acceptors (Lipinski definition) is 5. The van der Waals surface area contributed by atoms with E-state index < -0.39 is 5.92 Å². The smallest absolute Gasteiger partial charge is 0.173 e. The number of hydrogen-bond donors (Lipinski definition) is 0. The first-order chi connectivity index (χ1) is 19.7. The monoisotopic (exact) mass is 573 g/mol. The van der Waals surface area contributed by atoms with Gasteiger partial charge in [0, 0.05) is 36.6 Å². The van der Waals surface area contributed by atoms with Crippen molar-refractivity contribution in [2.75, 3.05) is 20.2 Å². The number of rotatable bonds is 14. The van der Waals surface area contributed by atoms with Gasteiger partial charge in [-0.05, 0) is 65.6 Å². The minimum Gasteiger partial charge on any atom is -0.497 e. The zero-order valence-electron chi connectivity index (χ0n) is 27.0. The Hall–Kier alpha value is -3.21. The lowest BCUT2D eigenvalue weighted by Gasteiger charge is -2.40. The molecule has 2 atom stereocenters. The maximum atomic E-state index is 13.7. The Morgan fingerprint density at radius 1 is 0.905 bits per heavy atom. The third-order valence-corrected chi connectivity index (χ3v) is 8.48. The van der Waals surface area contributed by atoms with Crippen molar-refractivity contribution in [2.24, 2.45) is 23.2 Å². The molecule has 0 aromatic heterocycles. The molecule has 5 heteroatoms. The van der Waals surface area contributed by atoms with E-state index in [0.717, 1.165) is 31.5 Å². The minimum absolute atomic E-state index is 0.0207. The summed E-state index contributed by atoms with van der Waals surface area (Å²) in [5, 5.41) is 0. The molecule has 3 rings (SSSR count). The Morgan fingerprint density at radius 2 is 1.48 bits per heavy atom. The van der Waals surface area contributed by atoms with Crippen molar-refractivity contribution in [3.63, 3.8) is 0 Å². The van der Waals surface area contributed by atoms with Crippen molar-refractivity contribution < 1.29 is 19.1 Å². The number of benzene rings is 2. The summed E-state index contributed by atoms with van der Waals surface area (Å²) in [5.41, 5.74) is 2.03. The summed E-state index contributed by atoms with van der Waals surface area (Å²) in [4.78, 5) is 42.9. The van der Waals surface area contributed by atoms with E-state index in [1.165, 1.54) is 0 Å². The highest BCUT2D eigenvalue weighted by atomic mass is 16.5. The number of carbonyl (C=O) groups excluding carboxylic acids is 3. The lowest BCUT2D eigenvalue weighted by molar-refractivity contribution is -0.126. The highest BCUT2D eigenvalue weighted by molar-refractivity contribution is 6.16. The number of allylic oxidation sites excluding steroid dienone is 1. The fourth-order valence-electron chi connectivity index (χ4n) is 5.74. The average molecular weight is 574 g/mol. The van der Waals surface area contributed by atoms with E-state index in [1.54, 1.807) is 31.4 Å². The van der Waals surface area contributed by atoms with Crippen LogP contribution in [0.5, 0.6) is 5.75 Å². The van der Waals surface area contributed by atoms with Gasteiger partial charge in [-0.25, -0.2) is 0 Å². The van der Waals surface area contributed by atoms with E-state index >= 15 is 0 Å². The van der Waals surface area contributed by atoms with Crippen LogP contribution in [0.3, 0.4) is 0 Å². The van der Waals surface area contributed by atoms with Crippen LogP contribution >= 0.6 is 0 Å². The van der Waals surface area contributed by atoms with E-state index in [-0.39, 0.29) is 28.3 Å². The van der Waals surface area contributed by atoms with Crippen LogP contribution in [-0.2, 0) is 10.2 Å². The summed E-state index contributed by atoms with van der Waals surface area (Å²) >= 11 is 0. The van der Waals surface area contributed by atoms with E-state index in [4.69, 9.17) is 4.74 Å². The standard InChI is InChI=1S/C37H51NO4/c1-26(2)24-38-23-22-37(6,7)32(25-38)33(39)13-11-9-10-12-31(35(41)28-16-20-30(42-8)21-17-28)34(40)27-14-18-29(19-15-27)36(3,4)5/h14-23,26,31-32H,9-13,24-25H2,1-8H3. The Morgan fingerprint density at radius 3 is 2.00 bits per heavy atom. The average Bonchev–Trinajstić information content (AvgIpc) is 2.94. The lowest BCUT2D eigenvalue weighted by atomic mass is 9.73. The van der Waals surface area contributed by atoms with Crippen molar-refractivity contribution in [2.45, 2.75) is 86.0 Å². The summed E-state index contributed by atoms with van der Waals surface area (Å²) < 4.78 is 5.24. The molecule has 1 aliphatic heterocycles. The fourth-order valence-corrected chi connectivity index (χ4v) is 5.74. The zero-order chi connectivity index (χ0) is 31.1. The Bertz CT molecular complexity index is 1230. The molecule has 2 aromatic carbocycles. The molecule has 0 saturated heterocycles. The third kappa shape index (κ3) is 8.89. The molecule has 2 unspecified atom stereocenters. The van der Waals surface area contributed by atoms with Gasteiger partial charge in [-0.1, -0.05) is 91.6 Å². The number of ether oxygens (including phenoxy) is 1. The fraction of sp³-hybridized carbons (Fsp3) is 0.541. The van der Waals surface area contributed by atoms with E-state index in [9.17, 15) is 14.4 Å². The Labute approximate surface area is 253 Å². The van der Waals surface area contributed by atoms with E-state index in [1.807, 2.05) is 24.3 Å². The molecule has 0 aliphatic carbocycles. The molecule has 2 aromatic rings. The largest absolute Gasteiger partial charge is 0.497 e. The van der Waals surface area contributed by atoms with Gasteiger partial charge in [0.05, 0.1) is 13.0 Å². The number of methoxy groups -OCH3 is 1. The summed E-state index contributed by atoms with van der Waals surface area (Å²) in [6.07, 6.45) is 7.58. The lowest BCUT2D eigenvalue weighted by Crippen LogP contribution is -2.43. The molecule has 0 amide bonds. The summed E-state index contributed by atoms with van der Waals surface area (Å²) in [6.45, 7) is 16.8. The molecule has 0 bridgehead atoms. The molecule has 0 spiro atoms. The number of carbonyl (C=O) groups is 3. The van der Waals surface area contributed by atoms with E-state index in [2.05, 4.69) is 65.6 Å². The predicted molar refractivity (Wildman–Crippen MR) is 171 cm³/mol. The molecule has 1 heterocycles. The molecular weight excluding hydrogens is 522 g/mol. The molecule has 42 heavy (non-hydrogen) atoms. The molecular formula is C37H51NO4. The van der Waals surface area contributed by atoms with Gasteiger partial charge in [0.1, 0.15) is 11.5 Å². The van der Waals surface area contributed by atoms with Gasteiger partial charge in [-0.3, -0.25) is 14.4 Å². The van der Waals surface area contributed by atoms with Crippen molar-refractivity contribution in [3.05, 3.63) is 77.5 Å². The Kier molecular flexibility index (Phi) is 11.3. The molecule has 1 aliphatic rings. The predicted octanol–water partition coefficient (Wildman–Crippen LogP) is 8.32. The van der Waals surface area contributed by atoms with Crippen LogP contribution in [0.2, 0.25) is 0 Å². The summed E-state index contributed by atoms with van der Waals surface area (Å²) in [5.74, 6) is 0.414. The maximum absolute atomic E-state index is 13.7. The van der Waals surface area contributed by atoms with Crippen molar-refractivity contribution in [1.29, 1.82) is 0 Å².